The highest BCUT2D eigenvalue weighted by molar-refractivity contribution is 9.10. The Morgan fingerprint density at radius 1 is 1.45 bits per heavy atom. The molecule has 0 saturated heterocycles. The summed E-state index contributed by atoms with van der Waals surface area (Å²) in [5.74, 6) is 0.551. The van der Waals surface area contributed by atoms with Gasteiger partial charge >= 0.3 is 6.55 Å². The molecule has 20 heavy (non-hydrogen) atoms. The third-order valence-corrected chi connectivity index (χ3v) is 3.23. The highest BCUT2D eigenvalue weighted by Crippen LogP contribution is 2.29. The lowest BCUT2D eigenvalue weighted by Crippen LogP contribution is -2.08. The molecule has 7 heteroatoms. The van der Waals surface area contributed by atoms with E-state index in [1.54, 1.807) is 25.1 Å². The maximum Gasteiger partial charge on any atom is 0.320 e. The molecular weight excluding hydrogens is 334 g/mol. The van der Waals surface area contributed by atoms with Crippen molar-refractivity contribution in [1.82, 2.24) is 9.55 Å². The number of alkyl halides is 2. The van der Waals surface area contributed by atoms with Gasteiger partial charge in [0.05, 0.1) is 6.10 Å². The predicted octanol–water partition coefficient (Wildman–Crippen LogP) is 3.67. The Hall–Kier alpha value is -1.47. The lowest BCUT2D eigenvalue weighted by Gasteiger charge is -2.14. The standard InChI is InChI=1S/C13H13BrF2N2O2/c1-8(19)10-3-2-9(14)6-11(10)20-7-12-17-4-5-18(12)13(15)16/h2-6,8,13,19H,7H2,1H3. The van der Waals surface area contributed by atoms with E-state index in [-0.39, 0.29) is 12.4 Å². The summed E-state index contributed by atoms with van der Waals surface area (Å²) in [5.41, 5.74) is 0.586. The summed E-state index contributed by atoms with van der Waals surface area (Å²) in [6.45, 7) is -1.15. The van der Waals surface area contributed by atoms with E-state index < -0.39 is 12.7 Å². The minimum absolute atomic E-state index is 0.104. The number of rotatable bonds is 5. The van der Waals surface area contributed by atoms with Crippen LogP contribution in [-0.4, -0.2) is 14.7 Å². The second kappa shape index (κ2) is 6.32. The summed E-state index contributed by atoms with van der Waals surface area (Å²) in [7, 11) is 0. The molecule has 2 aromatic rings. The number of aliphatic hydroxyl groups excluding tert-OH is 1. The van der Waals surface area contributed by atoms with Crippen molar-refractivity contribution in [3.8, 4) is 5.75 Å². The van der Waals surface area contributed by atoms with Crippen molar-refractivity contribution in [2.45, 2.75) is 26.2 Å². The lowest BCUT2D eigenvalue weighted by molar-refractivity contribution is 0.0630. The highest BCUT2D eigenvalue weighted by atomic mass is 79.9. The summed E-state index contributed by atoms with van der Waals surface area (Å²) >= 11 is 3.30. The molecule has 0 radical (unpaired) electrons. The van der Waals surface area contributed by atoms with E-state index in [0.717, 1.165) is 9.04 Å². The first-order valence-corrected chi connectivity index (χ1v) is 6.68. The first-order chi connectivity index (χ1) is 9.49. The van der Waals surface area contributed by atoms with Crippen LogP contribution in [0.5, 0.6) is 5.75 Å². The van der Waals surface area contributed by atoms with Gasteiger partial charge in [0, 0.05) is 22.4 Å². The molecule has 0 bridgehead atoms. The summed E-state index contributed by atoms with van der Waals surface area (Å²) in [6, 6.07) is 5.16. The molecule has 108 valence electrons. The number of hydrogen-bond donors (Lipinski definition) is 1. The molecule has 0 spiro atoms. The third-order valence-electron chi connectivity index (χ3n) is 2.74. The average molecular weight is 347 g/mol. The molecule has 2 rings (SSSR count). The smallest absolute Gasteiger partial charge is 0.320 e. The van der Waals surface area contributed by atoms with E-state index in [4.69, 9.17) is 4.74 Å². The maximum atomic E-state index is 12.7. The zero-order valence-corrected chi connectivity index (χ0v) is 12.2. The van der Waals surface area contributed by atoms with E-state index in [1.807, 2.05) is 0 Å². The molecule has 1 N–H and O–H groups in total. The molecule has 0 saturated carbocycles. The number of aromatic nitrogens is 2. The normalized spacial score (nSPS) is 12.7. The molecule has 1 unspecified atom stereocenters. The number of hydrogen-bond acceptors (Lipinski definition) is 3. The number of benzene rings is 1. The van der Waals surface area contributed by atoms with Crippen LogP contribution in [0.15, 0.2) is 35.1 Å². The molecule has 1 atom stereocenters. The third kappa shape index (κ3) is 3.34. The van der Waals surface area contributed by atoms with E-state index in [0.29, 0.717) is 11.3 Å². The Bertz CT molecular complexity index is 588. The average Bonchev–Trinajstić information content (AvgIpc) is 2.84. The Morgan fingerprint density at radius 2 is 2.20 bits per heavy atom. The fourth-order valence-corrected chi connectivity index (χ4v) is 2.09. The van der Waals surface area contributed by atoms with Crippen molar-refractivity contribution >= 4 is 15.9 Å². The Kier molecular flexibility index (Phi) is 4.72. The van der Waals surface area contributed by atoms with Gasteiger partial charge in [0.25, 0.3) is 0 Å². The van der Waals surface area contributed by atoms with Crippen molar-refractivity contribution in [2.75, 3.05) is 0 Å². The van der Waals surface area contributed by atoms with Gasteiger partial charge < -0.3 is 9.84 Å². The van der Waals surface area contributed by atoms with Gasteiger partial charge in [-0.25, -0.2) is 4.98 Å². The fraction of sp³-hybridized carbons (Fsp3) is 0.308. The number of imidazole rings is 1. The second-order valence-electron chi connectivity index (χ2n) is 4.18. The Balaban J connectivity index is 2.18. The van der Waals surface area contributed by atoms with Gasteiger partial charge in [-0.15, -0.1) is 0 Å². The number of ether oxygens (including phenoxy) is 1. The van der Waals surface area contributed by atoms with Crippen LogP contribution in [0.25, 0.3) is 0 Å². The minimum Gasteiger partial charge on any atom is -0.485 e. The summed E-state index contributed by atoms with van der Waals surface area (Å²) < 4.78 is 32.4. The number of nitrogens with zero attached hydrogens (tertiary/aromatic N) is 2. The molecule has 0 fully saturated rings. The van der Waals surface area contributed by atoms with Crippen LogP contribution in [-0.2, 0) is 6.61 Å². The first kappa shape index (κ1) is 14.9. The zero-order chi connectivity index (χ0) is 14.7. The predicted molar refractivity (Wildman–Crippen MR) is 72.6 cm³/mol. The molecule has 0 aliphatic heterocycles. The fourth-order valence-electron chi connectivity index (χ4n) is 1.75. The Labute approximate surface area is 123 Å². The van der Waals surface area contributed by atoms with Crippen LogP contribution < -0.4 is 4.74 Å². The van der Waals surface area contributed by atoms with Gasteiger partial charge in [-0.05, 0) is 19.1 Å². The molecule has 1 aromatic heterocycles. The van der Waals surface area contributed by atoms with Crippen molar-refractivity contribution in [3.05, 3.63) is 46.5 Å². The highest BCUT2D eigenvalue weighted by Gasteiger charge is 2.14. The summed E-state index contributed by atoms with van der Waals surface area (Å²) in [6.07, 6.45) is 1.77. The molecule has 1 heterocycles. The quantitative estimate of drug-likeness (QED) is 0.898. The van der Waals surface area contributed by atoms with Crippen LogP contribution in [0.2, 0.25) is 0 Å². The maximum absolute atomic E-state index is 12.7. The second-order valence-corrected chi connectivity index (χ2v) is 5.09. The van der Waals surface area contributed by atoms with Gasteiger partial charge in [0.15, 0.2) is 5.82 Å². The van der Waals surface area contributed by atoms with Crippen LogP contribution in [0.3, 0.4) is 0 Å². The lowest BCUT2D eigenvalue weighted by atomic mass is 10.1. The molecular formula is C13H13BrF2N2O2. The van der Waals surface area contributed by atoms with Gasteiger partial charge in [-0.3, -0.25) is 4.57 Å². The van der Waals surface area contributed by atoms with Gasteiger partial charge in [-0.2, -0.15) is 8.78 Å². The van der Waals surface area contributed by atoms with Gasteiger partial charge in [0.2, 0.25) is 0 Å². The van der Waals surface area contributed by atoms with Crippen molar-refractivity contribution < 1.29 is 18.6 Å². The Morgan fingerprint density at radius 3 is 2.85 bits per heavy atom. The van der Waals surface area contributed by atoms with Crippen LogP contribution in [0.1, 0.15) is 31.0 Å². The number of aliphatic hydroxyl groups is 1. The van der Waals surface area contributed by atoms with E-state index in [9.17, 15) is 13.9 Å². The molecule has 0 amide bonds. The monoisotopic (exact) mass is 346 g/mol. The van der Waals surface area contributed by atoms with Crippen LogP contribution in [0.4, 0.5) is 8.78 Å². The first-order valence-electron chi connectivity index (χ1n) is 5.89. The van der Waals surface area contributed by atoms with Gasteiger partial charge in [0.1, 0.15) is 12.4 Å². The van der Waals surface area contributed by atoms with Crippen LogP contribution >= 0.6 is 15.9 Å². The zero-order valence-electron chi connectivity index (χ0n) is 10.6. The van der Waals surface area contributed by atoms with Crippen molar-refractivity contribution in [1.29, 1.82) is 0 Å². The topological polar surface area (TPSA) is 47.3 Å². The number of halogens is 3. The van der Waals surface area contributed by atoms with Gasteiger partial charge in [-0.1, -0.05) is 22.0 Å². The van der Waals surface area contributed by atoms with E-state index in [2.05, 4.69) is 20.9 Å². The minimum atomic E-state index is -2.66. The molecule has 0 aliphatic rings. The van der Waals surface area contributed by atoms with Crippen molar-refractivity contribution in [3.63, 3.8) is 0 Å². The van der Waals surface area contributed by atoms with E-state index >= 15 is 0 Å². The largest absolute Gasteiger partial charge is 0.485 e. The summed E-state index contributed by atoms with van der Waals surface area (Å²) in [5, 5.41) is 9.66. The van der Waals surface area contributed by atoms with Crippen molar-refractivity contribution in [2.24, 2.45) is 0 Å². The summed E-state index contributed by atoms with van der Waals surface area (Å²) in [4.78, 5) is 3.83. The molecule has 0 aliphatic carbocycles. The molecule has 1 aromatic carbocycles. The van der Waals surface area contributed by atoms with Crippen LogP contribution in [0, 0.1) is 0 Å². The molecule has 4 nitrogen and oxygen atoms in total. The SMILES string of the molecule is CC(O)c1ccc(Br)cc1OCc1nccn1C(F)F. The van der Waals surface area contributed by atoms with E-state index in [1.165, 1.54) is 12.4 Å².